The fourth-order valence-electron chi connectivity index (χ4n) is 2.05. The maximum Gasteiger partial charge on any atom is 0.164 e. The van der Waals surface area contributed by atoms with Crippen molar-refractivity contribution in [3.8, 4) is 0 Å². The zero-order chi connectivity index (χ0) is 14.1. The topological polar surface area (TPSA) is 55.9 Å². The standard InChI is InChI=1S/C14H15IN4O/c1-9(2)19-14-10(6-18-19)5-11(7-17-14)16-8-12-3-4-13(15)20-12/h3-7,9,16H,8H2,1-2H3. The molecule has 104 valence electrons. The molecule has 5 nitrogen and oxygen atoms in total. The van der Waals surface area contributed by atoms with Gasteiger partial charge < -0.3 is 9.73 Å². The van der Waals surface area contributed by atoms with Crippen LogP contribution in [0, 0.1) is 3.77 Å². The molecule has 0 aliphatic rings. The van der Waals surface area contributed by atoms with Crippen LogP contribution in [0.25, 0.3) is 11.0 Å². The van der Waals surface area contributed by atoms with Gasteiger partial charge in [-0.3, -0.25) is 0 Å². The molecule has 20 heavy (non-hydrogen) atoms. The van der Waals surface area contributed by atoms with Gasteiger partial charge in [0.1, 0.15) is 5.76 Å². The van der Waals surface area contributed by atoms with Gasteiger partial charge in [-0.25, -0.2) is 9.67 Å². The first-order valence-electron chi connectivity index (χ1n) is 6.45. The van der Waals surface area contributed by atoms with Crippen LogP contribution in [-0.4, -0.2) is 14.8 Å². The molecular formula is C14H15IN4O. The van der Waals surface area contributed by atoms with Crippen molar-refractivity contribution in [1.82, 2.24) is 14.8 Å². The first-order valence-corrected chi connectivity index (χ1v) is 7.52. The molecule has 3 heterocycles. The van der Waals surface area contributed by atoms with Gasteiger partial charge in [-0.05, 0) is 54.6 Å². The molecule has 0 amide bonds. The summed E-state index contributed by atoms with van der Waals surface area (Å²) in [5.74, 6) is 0.910. The molecule has 0 atom stereocenters. The number of rotatable bonds is 4. The van der Waals surface area contributed by atoms with Crippen LogP contribution in [0.4, 0.5) is 5.69 Å². The van der Waals surface area contributed by atoms with Crippen molar-refractivity contribution in [2.75, 3.05) is 5.32 Å². The lowest BCUT2D eigenvalue weighted by Gasteiger charge is -2.07. The monoisotopic (exact) mass is 382 g/mol. The molecular weight excluding hydrogens is 367 g/mol. The summed E-state index contributed by atoms with van der Waals surface area (Å²) in [6.45, 7) is 4.84. The Balaban J connectivity index is 1.79. The van der Waals surface area contributed by atoms with Crippen LogP contribution in [0.3, 0.4) is 0 Å². The Morgan fingerprint density at radius 2 is 2.20 bits per heavy atom. The Morgan fingerprint density at radius 1 is 1.35 bits per heavy atom. The predicted octanol–water partition coefficient (Wildman–Crippen LogP) is 3.82. The third-order valence-electron chi connectivity index (χ3n) is 3.02. The molecule has 0 aliphatic heterocycles. The fraction of sp³-hybridized carbons (Fsp3) is 0.286. The molecule has 1 N–H and O–H groups in total. The molecule has 0 bridgehead atoms. The SMILES string of the molecule is CC(C)n1ncc2cc(NCc3ccc(I)o3)cnc21. The second-order valence-corrected chi connectivity index (χ2v) is 5.94. The summed E-state index contributed by atoms with van der Waals surface area (Å²) in [5, 5.41) is 8.71. The molecule has 0 fully saturated rings. The number of pyridine rings is 1. The highest BCUT2D eigenvalue weighted by molar-refractivity contribution is 14.1. The number of anilines is 1. The van der Waals surface area contributed by atoms with E-state index in [2.05, 4.69) is 57.9 Å². The number of hydrogen-bond acceptors (Lipinski definition) is 4. The van der Waals surface area contributed by atoms with E-state index in [0.29, 0.717) is 12.6 Å². The smallest absolute Gasteiger partial charge is 0.164 e. The number of halogens is 1. The molecule has 0 saturated carbocycles. The van der Waals surface area contributed by atoms with Gasteiger partial charge in [-0.2, -0.15) is 5.10 Å². The van der Waals surface area contributed by atoms with Crippen molar-refractivity contribution < 1.29 is 4.42 Å². The lowest BCUT2D eigenvalue weighted by Crippen LogP contribution is -2.03. The highest BCUT2D eigenvalue weighted by atomic mass is 127. The quantitative estimate of drug-likeness (QED) is 0.697. The molecule has 3 aromatic rings. The minimum absolute atomic E-state index is 0.309. The van der Waals surface area contributed by atoms with E-state index in [9.17, 15) is 0 Å². The number of fused-ring (bicyclic) bond motifs is 1. The van der Waals surface area contributed by atoms with Crippen LogP contribution in [-0.2, 0) is 6.54 Å². The first-order chi connectivity index (χ1) is 9.63. The number of hydrogen-bond donors (Lipinski definition) is 1. The van der Waals surface area contributed by atoms with E-state index in [1.54, 1.807) is 0 Å². The summed E-state index contributed by atoms with van der Waals surface area (Å²) >= 11 is 2.16. The Morgan fingerprint density at radius 3 is 2.90 bits per heavy atom. The Kier molecular flexibility index (Phi) is 3.64. The number of furan rings is 1. The van der Waals surface area contributed by atoms with Crippen LogP contribution >= 0.6 is 22.6 Å². The van der Waals surface area contributed by atoms with Gasteiger partial charge >= 0.3 is 0 Å². The van der Waals surface area contributed by atoms with E-state index in [1.165, 1.54) is 0 Å². The maximum atomic E-state index is 5.52. The van der Waals surface area contributed by atoms with Crippen molar-refractivity contribution in [2.24, 2.45) is 0 Å². The molecule has 0 unspecified atom stereocenters. The Hall–Kier alpha value is -1.57. The predicted molar refractivity (Wildman–Crippen MR) is 86.7 cm³/mol. The summed E-state index contributed by atoms with van der Waals surface area (Å²) in [4.78, 5) is 4.49. The van der Waals surface area contributed by atoms with Gasteiger partial charge in [0, 0.05) is 11.4 Å². The highest BCUT2D eigenvalue weighted by Gasteiger charge is 2.08. The minimum atomic E-state index is 0.309. The Bertz CT molecular complexity index is 732. The van der Waals surface area contributed by atoms with Crippen molar-refractivity contribution in [3.63, 3.8) is 0 Å². The number of nitrogens with zero attached hydrogens (tertiary/aromatic N) is 3. The van der Waals surface area contributed by atoms with Gasteiger partial charge in [0.2, 0.25) is 0 Å². The third-order valence-corrected chi connectivity index (χ3v) is 3.60. The summed E-state index contributed by atoms with van der Waals surface area (Å²) < 4.78 is 8.33. The molecule has 0 spiro atoms. The zero-order valence-electron chi connectivity index (χ0n) is 11.3. The van der Waals surface area contributed by atoms with Crippen LogP contribution in [0.2, 0.25) is 0 Å². The van der Waals surface area contributed by atoms with E-state index in [4.69, 9.17) is 4.42 Å². The van der Waals surface area contributed by atoms with Crippen LogP contribution in [0.15, 0.2) is 35.0 Å². The van der Waals surface area contributed by atoms with Crippen molar-refractivity contribution in [3.05, 3.63) is 40.1 Å². The summed E-state index contributed by atoms with van der Waals surface area (Å²) in [5.41, 5.74) is 1.88. The molecule has 0 aliphatic carbocycles. The average Bonchev–Trinajstić information content (AvgIpc) is 3.01. The minimum Gasteiger partial charge on any atom is -0.454 e. The van der Waals surface area contributed by atoms with Gasteiger partial charge in [0.05, 0.1) is 24.6 Å². The van der Waals surface area contributed by atoms with E-state index < -0.39 is 0 Å². The molecule has 3 rings (SSSR count). The number of aromatic nitrogens is 3. The summed E-state index contributed by atoms with van der Waals surface area (Å²) in [6, 6.07) is 6.29. The third kappa shape index (κ3) is 2.65. The number of nitrogens with one attached hydrogen (secondary N) is 1. The van der Waals surface area contributed by atoms with E-state index in [-0.39, 0.29) is 0 Å². The summed E-state index contributed by atoms with van der Waals surface area (Å²) in [7, 11) is 0. The van der Waals surface area contributed by atoms with Gasteiger partial charge in [-0.15, -0.1) is 0 Å². The lowest BCUT2D eigenvalue weighted by atomic mass is 10.3. The molecule has 6 heteroatoms. The maximum absolute atomic E-state index is 5.52. The second-order valence-electron chi connectivity index (χ2n) is 4.88. The fourth-order valence-corrected chi connectivity index (χ4v) is 2.51. The zero-order valence-corrected chi connectivity index (χ0v) is 13.5. The Labute approximate surface area is 130 Å². The van der Waals surface area contributed by atoms with Crippen molar-refractivity contribution in [2.45, 2.75) is 26.4 Å². The average molecular weight is 382 g/mol. The van der Waals surface area contributed by atoms with E-state index >= 15 is 0 Å². The molecule has 3 aromatic heterocycles. The van der Waals surface area contributed by atoms with Crippen LogP contribution < -0.4 is 5.32 Å². The largest absolute Gasteiger partial charge is 0.454 e. The van der Waals surface area contributed by atoms with Crippen LogP contribution in [0.5, 0.6) is 0 Å². The van der Waals surface area contributed by atoms with Gasteiger partial charge in [-0.1, -0.05) is 0 Å². The van der Waals surface area contributed by atoms with E-state index in [0.717, 1.165) is 26.2 Å². The van der Waals surface area contributed by atoms with Gasteiger partial charge in [0.25, 0.3) is 0 Å². The molecule has 0 saturated heterocycles. The van der Waals surface area contributed by atoms with E-state index in [1.807, 2.05) is 29.2 Å². The summed E-state index contributed by atoms with van der Waals surface area (Å²) in [6.07, 6.45) is 3.68. The normalized spacial score (nSPS) is 11.4. The first kappa shape index (κ1) is 13.4. The molecule has 0 radical (unpaired) electrons. The lowest BCUT2D eigenvalue weighted by molar-refractivity contribution is 0.493. The molecule has 0 aromatic carbocycles. The van der Waals surface area contributed by atoms with Gasteiger partial charge in [0.15, 0.2) is 9.41 Å². The van der Waals surface area contributed by atoms with Crippen LogP contribution in [0.1, 0.15) is 25.6 Å². The second kappa shape index (κ2) is 5.43. The van der Waals surface area contributed by atoms with Crippen molar-refractivity contribution >= 4 is 39.3 Å². The highest BCUT2D eigenvalue weighted by Crippen LogP contribution is 2.20. The van der Waals surface area contributed by atoms with Crippen molar-refractivity contribution in [1.29, 1.82) is 0 Å².